The Morgan fingerprint density at radius 2 is 1.85 bits per heavy atom. The first-order valence-corrected chi connectivity index (χ1v) is 8.50. The fourth-order valence-electron chi connectivity index (χ4n) is 2.53. The number of aromatic nitrogens is 1. The molecular weight excluding hydrogens is 381 g/mol. The molecule has 0 aliphatic heterocycles. The second kappa shape index (κ2) is 6.99. The molecule has 5 nitrogen and oxygen atoms in total. The molecule has 0 spiro atoms. The number of pyridine rings is 1. The van der Waals surface area contributed by atoms with Gasteiger partial charge in [-0.2, -0.15) is 13.2 Å². The molecule has 0 unspecified atom stereocenters. The van der Waals surface area contributed by atoms with Gasteiger partial charge < -0.3 is 10.1 Å². The molecule has 0 saturated heterocycles. The first-order chi connectivity index (χ1) is 12.7. The number of hydrogen-bond acceptors (Lipinski definition) is 5. The summed E-state index contributed by atoms with van der Waals surface area (Å²) in [5.74, 6) is -1.16. The fraction of sp³-hybridized carbons (Fsp3) is 0.167. The molecule has 0 bridgehead atoms. The summed E-state index contributed by atoms with van der Waals surface area (Å²) in [6, 6.07) is 8.47. The number of rotatable bonds is 3. The van der Waals surface area contributed by atoms with Crippen LogP contribution >= 0.6 is 11.3 Å². The minimum atomic E-state index is -4.56. The molecule has 0 radical (unpaired) electrons. The average molecular weight is 394 g/mol. The molecule has 140 valence electrons. The van der Waals surface area contributed by atoms with E-state index < -0.39 is 23.7 Å². The Labute approximate surface area is 155 Å². The number of anilines is 1. The number of carbonyl (C=O) groups is 2. The van der Waals surface area contributed by atoms with Crippen molar-refractivity contribution in [2.24, 2.45) is 0 Å². The number of esters is 1. The lowest BCUT2D eigenvalue weighted by Crippen LogP contribution is -2.15. The van der Waals surface area contributed by atoms with Gasteiger partial charge in [-0.1, -0.05) is 12.1 Å². The molecule has 0 aliphatic rings. The number of nitrogens with zero attached hydrogens (tertiary/aromatic N) is 1. The zero-order valence-electron chi connectivity index (χ0n) is 14.2. The van der Waals surface area contributed by atoms with E-state index in [1.54, 1.807) is 19.1 Å². The summed E-state index contributed by atoms with van der Waals surface area (Å²) in [5.41, 5.74) is -0.0803. The molecule has 2 heterocycles. The highest BCUT2D eigenvalue weighted by molar-refractivity contribution is 7.20. The zero-order valence-corrected chi connectivity index (χ0v) is 15.0. The maximum Gasteiger partial charge on any atom is 0.433 e. The number of nitrogens with one attached hydrogen (secondary N) is 1. The van der Waals surface area contributed by atoms with Crippen LogP contribution in [-0.4, -0.2) is 24.0 Å². The summed E-state index contributed by atoms with van der Waals surface area (Å²) in [5, 5.41) is 3.08. The van der Waals surface area contributed by atoms with Gasteiger partial charge in [0.2, 0.25) is 0 Å². The molecule has 0 aliphatic carbocycles. The maximum absolute atomic E-state index is 12.8. The van der Waals surface area contributed by atoms with Crippen molar-refractivity contribution >= 4 is 39.1 Å². The summed E-state index contributed by atoms with van der Waals surface area (Å²) in [4.78, 5) is 28.4. The van der Waals surface area contributed by atoms with Gasteiger partial charge in [0.1, 0.15) is 10.5 Å². The van der Waals surface area contributed by atoms with Crippen LogP contribution in [0.3, 0.4) is 0 Å². The van der Waals surface area contributed by atoms with Crippen molar-refractivity contribution in [3.63, 3.8) is 0 Å². The number of aryl methyl sites for hydroxylation is 1. The van der Waals surface area contributed by atoms with Crippen molar-refractivity contribution in [2.45, 2.75) is 13.1 Å². The van der Waals surface area contributed by atoms with Crippen LogP contribution in [0.5, 0.6) is 0 Å². The van der Waals surface area contributed by atoms with Crippen LogP contribution in [0.2, 0.25) is 0 Å². The van der Waals surface area contributed by atoms with Gasteiger partial charge in [0.05, 0.1) is 23.2 Å². The maximum atomic E-state index is 12.8. The summed E-state index contributed by atoms with van der Waals surface area (Å²) in [6.07, 6.45) is -4.56. The largest absolute Gasteiger partial charge is 0.465 e. The Morgan fingerprint density at radius 1 is 1.15 bits per heavy atom. The highest BCUT2D eigenvalue weighted by Gasteiger charge is 2.33. The number of methoxy groups -OCH3 is 1. The monoisotopic (exact) mass is 394 g/mol. The number of alkyl halides is 3. The number of fused-ring (bicyclic) bond motifs is 1. The number of amides is 1. The van der Waals surface area contributed by atoms with Crippen molar-refractivity contribution in [1.29, 1.82) is 0 Å². The van der Waals surface area contributed by atoms with Gasteiger partial charge in [-0.05, 0) is 36.8 Å². The van der Waals surface area contributed by atoms with Gasteiger partial charge in [-0.25, -0.2) is 9.78 Å². The number of benzene rings is 1. The molecule has 1 aromatic carbocycles. The van der Waals surface area contributed by atoms with Gasteiger partial charge in [0.15, 0.2) is 0 Å². The van der Waals surface area contributed by atoms with E-state index in [4.69, 9.17) is 0 Å². The van der Waals surface area contributed by atoms with Crippen LogP contribution in [0.4, 0.5) is 18.9 Å². The van der Waals surface area contributed by atoms with Crippen LogP contribution in [0.25, 0.3) is 10.2 Å². The molecule has 3 rings (SSSR count). The van der Waals surface area contributed by atoms with Crippen LogP contribution in [0.1, 0.15) is 31.3 Å². The van der Waals surface area contributed by atoms with E-state index in [2.05, 4.69) is 15.0 Å². The highest BCUT2D eigenvalue weighted by atomic mass is 32.1. The Hall–Kier alpha value is -2.94. The molecule has 0 saturated carbocycles. The molecule has 1 N–H and O–H groups in total. The lowest BCUT2D eigenvalue weighted by atomic mass is 10.1. The second-order valence-electron chi connectivity index (χ2n) is 5.59. The number of thiophene rings is 1. The van der Waals surface area contributed by atoms with Gasteiger partial charge in [0.25, 0.3) is 5.91 Å². The molecule has 3 aromatic rings. The average Bonchev–Trinajstić information content (AvgIpc) is 2.97. The fourth-order valence-corrected chi connectivity index (χ4v) is 3.61. The minimum Gasteiger partial charge on any atom is -0.465 e. The summed E-state index contributed by atoms with van der Waals surface area (Å²) >= 11 is 0.862. The normalized spacial score (nSPS) is 11.4. The smallest absolute Gasteiger partial charge is 0.433 e. The van der Waals surface area contributed by atoms with Crippen molar-refractivity contribution < 1.29 is 27.5 Å². The van der Waals surface area contributed by atoms with Gasteiger partial charge in [-0.3, -0.25) is 4.79 Å². The zero-order chi connectivity index (χ0) is 19.8. The first-order valence-electron chi connectivity index (χ1n) is 7.68. The summed E-state index contributed by atoms with van der Waals surface area (Å²) in [6.45, 7) is 1.63. The Morgan fingerprint density at radius 3 is 2.52 bits per heavy atom. The van der Waals surface area contributed by atoms with Gasteiger partial charge >= 0.3 is 12.1 Å². The Balaban J connectivity index is 1.97. The van der Waals surface area contributed by atoms with Gasteiger partial charge in [0, 0.05) is 5.39 Å². The van der Waals surface area contributed by atoms with Crippen LogP contribution in [0.15, 0.2) is 36.4 Å². The number of ether oxygens (including phenoxy) is 1. The third-order valence-electron chi connectivity index (χ3n) is 3.88. The topological polar surface area (TPSA) is 68.3 Å². The molecule has 9 heteroatoms. The molecule has 0 fully saturated rings. The Bertz CT molecular complexity index is 1040. The van der Waals surface area contributed by atoms with E-state index in [0.717, 1.165) is 17.4 Å². The lowest BCUT2D eigenvalue weighted by Gasteiger charge is -2.09. The van der Waals surface area contributed by atoms with E-state index in [1.165, 1.54) is 25.3 Å². The van der Waals surface area contributed by atoms with Crippen molar-refractivity contribution in [2.75, 3.05) is 12.4 Å². The predicted octanol–water partition coefficient (Wildman–Crippen LogP) is 4.66. The summed E-state index contributed by atoms with van der Waals surface area (Å²) in [7, 11) is 1.22. The third kappa shape index (κ3) is 3.63. The molecular formula is C18H13F3N2O3S. The van der Waals surface area contributed by atoms with Crippen molar-refractivity contribution in [3.8, 4) is 0 Å². The number of carbonyl (C=O) groups excluding carboxylic acids is 2. The van der Waals surface area contributed by atoms with E-state index in [-0.39, 0.29) is 21.0 Å². The number of para-hydroxylation sites is 1. The van der Waals surface area contributed by atoms with Crippen LogP contribution in [0, 0.1) is 6.92 Å². The predicted molar refractivity (Wildman–Crippen MR) is 95.1 cm³/mol. The van der Waals surface area contributed by atoms with Crippen LogP contribution in [-0.2, 0) is 10.9 Å². The number of hydrogen-bond donors (Lipinski definition) is 1. The number of halogens is 3. The SMILES string of the molecule is COC(=O)c1ccccc1NC(=O)c1sc2nc(C(F)(F)F)ccc2c1C. The third-order valence-corrected chi connectivity index (χ3v) is 5.08. The van der Waals surface area contributed by atoms with E-state index in [0.29, 0.717) is 10.9 Å². The Kier molecular flexibility index (Phi) is 4.88. The minimum absolute atomic E-state index is 0.119. The summed E-state index contributed by atoms with van der Waals surface area (Å²) < 4.78 is 43.2. The first kappa shape index (κ1) is 18.8. The van der Waals surface area contributed by atoms with Crippen LogP contribution < -0.4 is 5.32 Å². The van der Waals surface area contributed by atoms with E-state index >= 15 is 0 Å². The molecule has 2 aromatic heterocycles. The second-order valence-corrected chi connectivity index (χ2v) is 6.59. The molecule has 1 amide bonds. The van der Waals surface area contributed by atoms with E-state index in [1.807, 2.05) is 0 Å². The van der Waals surface area contributed by atoms with Crippen molar-refractivity contribution in [3.05, 3.63) is 58.1 Å². The van der Waals surface area contributed by atoms with Gasteiger partial charge in [-0.15, -0.1) is 11.3 Å². The highest BCUT2D eigenvalue weighted by Crippen LogP contribution is 2.34. The molecule has 27 heavy (non-hydrogen) atoms. The standard InChI is InChI=1S/C18H13F3N2O3S/c1-9-10-7-8-13(18(19,20)21)23-16(10)27-14(9)15(24)22-12-6-4-3-5-11(12)17(25)26-2/h3-8H,1-2H3,(H,22,24). The lowest BCUT2D eigenvalue weighted by molar-refractivity contribution is -0.140. The van der Waals surface area contributed by atoms with E-state index in [9.17, 15) is 22.8 Å². The quantitative estimate of drug-likeness (QED) is 0.656. The molecule has 0 atom stereocenters. The van der Waals surface area contributed by atoms with Crippen molar-refractivity contribution in [1.82, 2.24) is 4.98 Å².